The summed E-state index contributed by atoms with van der Waals surface area (Å²) in [5.74, 6) is -2.25. The fourth-order valence-corrected chi connectivity index (χ4v) is 2.09. The van der Waals surface area contributed by atoms with Crippen LogP contribution < -0.4 is 10.6 Å². The van der Waals surface area contributed by atoms with Crippen molar-refractivity contribution in [3.05, 3.63) is 34.4 Å². The normalized spacial score (nSPS) is 17.9. The maximum Gasteiger partial charge on any atom is 0.254 e. The zero-order chi connectivity index (χ0) is 13.1. The molecule has 0 bridgehead atoms. The van der Waals surface area contributed by atoms with Crippen LogP contribution in [-0.2, 0) is 0 Å². The van der Waals surface area contributed by atoms with Gasteiger partial charge in [0.15, 0.2) is 0 Å². The summed E-state index contributed by atoms with van der Waals surface area (Å²) in [6.45, 7) is 1.33. The van der Waals surface area contributed by atoms with Crippen molar-refractivity contribution in [2.45, 2.75) is 18.9 Å². The van der Waals surface area contributed by atoms with E-state index in [-0.39, 0.29) is 29.0 Å². The van der Waals surface area contributed by atoms with Crippen LogP contribution in [0.15, 0.2) is 12.1 Å². The monoisotopic (exact) mass is 310 g/mol. The molecule has 1 amide bonds. The van der Waals surface area contributed by atoms with E-state index in [0.717, 1.165) is 31.5 Å². The lowest BCUT2D eigenvalue weighted by Gasteiger charge is -2.12. The molecule has 106 valence electrons. The minimum absolute atomic E-state index is 0. The van der Waals surface area contributed by atoms with Crippen LogP contribution in [0.5, 0.6) is 0 Å². The molecule has 1 aromatic rings. The van der Waals surface area contributed by atoms with Crippen molar-refractivity contribution >= 4 is 29.9 Å². The first-order valence-corrected chi connectivity index (χ1v) is 6.12. The second-order valence-corrected chi connectivity index (χ2v) is 4.66. The number of rotatable bonds is 3. The molecular formula is C12H14Cl2F2N2O. The first kappa shape index (κ1) is 16.1. The molecule has 1 fully saturated rings. The Morgan fingerprint density at radius 2 is 2.16 bits per heavy atom. The predicted molar refractivity (Wildman–Crippen MR) is 72.0 cm³/mol. The van der Waals surface area contributed by atoms with Crippen molar-refractivity contribution in [1.29, 1.82) is 0 Å². The van der Waals surface area contributed by atoms with E-state index < -0.39 is 17.5 Å². The van der Waals surface area contributed by atoms with Crippen LogP contribution >= 0.6 is 24.0 Å². The van der Waals surface area contributed by atoms with E-state index in [1.807, 2.05) is 0 Å². The molecule has 0 aromatic heterocycles. The summed E-state index contributed by atoms with van der Waals surface area (Å²) in [6, 6.07) is 1.82. The van der Waals surface area contributed by atoms with E-state index in [1.165, 1.54) is 0 Å². The van der Waals surface area contributed by atoms with Gasteiger partial charge in [0.25, 0.3) is 5.91 Å². The molecular weight excluding hydrogens is 297 g/mol. The van der Waals surface area contributed by atoms with Crippen molar-refractivity contribution < 1.29 is 13.6 Å². The van der Waals surface area contributed by atoms with Gasteiger partial charge in [-0.1, -0.05) is 11.6 Å². The maximum atomic E-state index is 13.5. The van der Waals surface area contributed by atoms with Crippen molar-refractivity contribution in [2.24, 2.45) is 0 Å². The summed E-state index contributed by atoms with van der Waals surface area (Å²) in [5, 5.41) is 5.44. The fraction of sp³-hybridized carbons (Fsp3) is 0.417. The third-order valence-corrected chi connectivity index (χ3v) is 3.22. The minimum Gasteiger partial charge on any atom is -0.350 e. The van der Waals surface area contributed by atoms with Gasteiger partial charge in [-0.05, 0) is 31.5 Å². The van der Waals surface area contributed by atoms with Crippen LogP contribution in [0.3, 0.4) is 0 Å². The highest BCUT2D eigenvalue weighted by Gasteiger charge is 2.18. The average Bonchev–Trinajstić information content (AvgIpc) is 2.84. The predicted octanol–water partition coefficient (Wildman–Crippen LogP) is 2.52. The van der Waals surface area contributed by atoms with Crippen LogP contribution in [-0.4, -0.2) is 25.0 Å². The van der Waals surface area contributed by atoms with E-state index in [1.54, 1.807) is 0 Å². The summed E-state index contributed by atoms with van der Waals surface area (Å²) < 4.78 is 26.6. The highest BCUT2D eigenvalue weighted by molar-refractivity contribution is 6.30. The Labute approximate surface area is 121 Å². The van der Waals surface area contributed by atoms with Crippen LogP contribution in [0.4, 0.5) is 8.78 Å². The third-order valence-electron chi connectivity index (χ3n) is 2.93. The second-order valence-electron chi connectivity index (χ2n) is 4.25. The zero-order valence-corrected chi connectivity index (χ0v) is 11.6. The van der Waals surface area contributed by atoms with Crippen LogP contribution in [0.25, 0.3) is 0 Å². The molecule has 1 atom stereocenters. The molecule has 1 heterocycles. The van der Waals surface area contributed by atoms with Crippen molar-refractivity contribution in [1.82, 2.24) is 10.6 Å². The summed E-state index contributed by atoms with van der Waals surface area (Å²) in [4.78, 5) is 11.7. The van der Waals surface area contributed by atoms with Gasteiger partial charge in [0.2, 0.25) is 0 Å². The second kappa shape index (κ2) is 7.03. The summed E-state index contributed by atoms with van der Waals surface area (Å²) in [7, 11) is 0. The number of hydrogen-bond donors (Lipinski definition) is 2. The van der Waals surface area contributed by atoms with Gasteiger partial charge in [-0.25, -0.2) is 8.78 Å². The highest BCUT2D eigenvalue weighted by atomic mass is 35.5. The van der Waals surface area contributed by atoms with Crippen LogP contribution in [0.2, 0.25) is 5.02 Å². The molecule has 1 unspecified atom stereocenters. The number of hydrogen-bond acceptors (Lipinski definition) is 2. The summed E-state index contributed by atoms with van der Waals surface area (Å²) in [5.41, 5.74) is -0.324. The van der Waals surface area contributed by atoms with Gasteiger partial charge in [-0.2, -0.15) is 0 Å². The Hall–Kier alpha value is -0.910. The minimum atomic E-state index is -0.821. The number of amides is 1. The summed E-state index contributed by atoms with van der Waals surface area (Å²) >= 11 is 5.41. The Morgan fingerprint density at radius 1 is 1.42 bits per heavy atom. The smallest absolute Gasteiger partial charge is 0.254 e. The molecule has 0 radical (unpaired) electrons. The quantitative estimate of drug-likeness (QED) is 0.842. The molecule has 0 aliphatic carbocycles. The lowest BCUT2D eigenvalue weighted by atomic mass is 10.1. The number of halogens is 4. The standard InChI is InChI=1S/C12H13ClF2N2O.ClH/c13-9-5-10(14)8(4-11(9)15)12(18)17-6-7-2-1-3-16-7;/h4-5,7,16H,1-3,6H2,(H,17,18);1H. The topological polar surface area (TPSA) is 41.1 Å². The first-order valence-electron chi connectivity index (χ1n) is 5.74. The SMILES string of the molecule is Cl.O=C(NCC1CCCN1)c1cc(F)c(Cl)cc1F. The first-order chi connectivity index (χ1) is 8.58. The molecule has 0 saturated carbocycles. The van der Waals surface area contributed by atoms with Crippen molar-refractivity contribution in [2.75, 3.05) is 13.1 Å². The Kier molecular flexibility index (Phi) is 5.97. The number of carbonyl (C=O) groups is 1. The largest absolute Gasteiger partial charge is 0.350 e. The van der Waals surface area contributed by atoms with E-state index >= 15 is 0 Å². The zero-order valence-electron chi connectivity index (χ0n) is 10.0. The average molecular weight is 311 g/mol. The molecule has 7 heteroatoms. The Morgan fingerprint density at radius 3 is 2.79 bits per heavy atom. The van der Waals surface area contributed by atoms with Crippen LogP contribution in [0, 0.1) is 11.6 Å². The Balaban J connectivity index is 0.00000180. The Bertz CT molecular complexity index is 465. The van der Waals surface area contributed by atoms with Crippen LogP contribution in [0.1, 0.15) is 23.2 Å². The molecule has 2 rings (SSSR count). The number of benzene rings is 1. The lowest BCUT2D eigenvalue weighted by molar-refractivity contribution is 0.0946. The van der Waals surface area contributed by atoms with Crippen molar-refractivity contribution in [3.8, 4) is 0 Å². The molecule has 1 aliphatic rings. The molecule has 1 saturated heterocycles. The molecule has 1 aromatic carbocycles. The molecule has 1 aliphatic heterocycles. The lowest BCUT2D eigenvalue weighted by Crippen LogP contribution is -2.37. The molecule has 3 nitrogen and oxygen atoms in total. The maximum absolute atomic E-state index is 13.5. The fourth-order valence-electron chi connectivity index (χ4n) is 1.94. The third kappa shape index (κ3) is 4.03. The highest BCUT2D eigenvalue weighted by Crippen LogP contribution is 2.19. The van der Waals surface area contributed by atoms with Gasteiger partial charge in [-0.3, -0.25) is 4.79 Å². The number of carbonyl (C=O) groups excluding carboxylic acids is 1. The molecule has 0 spiro atoms. The molecule has 2 N–H and O–H groups in total. The number of nitrogens with one attached hydrogen (secondary N) is 2. The van der Waals surface area contributed by atoms with E-state index in [4.69, 9.17) is 11.6 Å². The van der Waals surface area contributed by atoms with E-state index in [2.05, 4.69) is 10.6 Å². The van der Waals surface area contributed by atoms with Gasteiger partial charge in [-0.15, -0.1) is 12.4 Å². The van der Waals surface area contributed by atoms with Gasteiger partial charge < -0.3 is 10.6 Å². The summed E-state index contributed by atoms with van der Waals surface area (Å²) in [6.07, 6.45) is 2.03. The van der Waals surface area contributed by atoms with Crippen molar-refractivity contribution in [3.63, 3.8) is 0 Å². The van der Waals surface area contributed by atoms with E-state index in [9.17, 15) is 13.6 Å². The van der Waals surface area contributed by atoms with Gasteiger partial charge >= 0.3 is 0 Å². The van der Waals surface area contributed by atoms with Gasteiger partial charge in [0, 0.05) is 12.6 Å². The molecule has 19 heavy (non-hydrogen) atoms. The van der Waals surface area contributed by atoms with E-state index in [0.29, 0.717) is 6.54 Å². The van der Waals surface area contributed by atoms with Gasteiger partial charge in [0.05, 0.1) is 10.6 Å². The van der Waals surface area contributed by atoms with Gasteiger partial charge in [0.1, 0.15) is 11.6 Å².